The summed E-state index contributed by atoms with van der Waals surface area (Å²) in [6, 6.07) is 7.16. The summed E-state index contributed by atoms with van der Waals surface area (Å²) < 4.78 is 5.62. The minimum absolute atomic E-state index is 0.267. The lowest BCUT2D eigenvalue weighted by Gasteiger charge is -2.07. The summed E-state index contributed by atoms with van der Waals surface area (Å²) in [6.45, 7) is 0.597. The Morgan fingerprint density at radius 3 is 3.06 bits per heavy atom. The van der Waals surface area contributed by atoms with Gasteiger partial charge in [-0.25, -0.2) is 4.79 Å². The summed E-state index contributed by atoms with van der Waals surface area (Å²) in [5.41, 5.74) is 2.54. The van der Waals surface area contributed by atoms with Crippen molar-refractivity contribution in [2.24, 2.45) is 0 Å². The van der Waals surface area contributed by atoms with Crippen LogP contribution in [0.3, 0.4) is 0 Å². The van der Waals surface area contributed by atoms with Crippen molar-refractivity contribution < 1.29 is 14.6 Å². The largest absolute Gasteiger partial charge is 0.493 e. The number of fused-ring (bicyclic) bond motifs is 3. The number of carbonyl (C=O) groups is 1. The predicted molar refractivity (Wildman–Crippen MR) is 65.9 cm³/mol. The molecule has 0 atom stereocenters. The number of hydrogen-bond donors (Lipinski definition) is 1. The number of benzene rings is 1. The molecule has 1 aliphatic rings. The number of carboxylic acid groups (broad SMARTS) is 1. The van der Waals surface area contributed by atoms with Gasteiger partial charge in [0.05, 0.1) is 12.2 Å². The number of aromatic carboxylic acids is 1. The Hall–Kier alpha value is -1.81. The van der Waals surface area contributed by atoms with Crippen molar-refractivity contribution in [2.75, 3.05) is 6.61 Å². The molecule has 0 saturated carbocycles. The van der Waals surface area contributed by atoms with Gasteiger partial charge in [-0.1, -0.05) is 0 Å². The molecule has 3 rings (SSSR count). The summed E-state index contributed by atoms with van der Waals surface area (Å²) in [5, 5.41) is 11.0. The molecule has 4 heteroatoms. The third-order valence-electron chi connectivity index (χ3n) is 2.85. The van der Waals surface area contributed by atoms with Gasteiger partial charge in [0.15, 0.2) is 0 Å². The van der Waals surface area contributed by atoms with E-state index in [0.717, 1.165) is 12.0 Å². The molecule has 2 heterocycles. The van der Waals surface area contributed by atoms with E-state index in [-0.39, 0.29) is 5.56 Å². The standard InChI is InChI=1S/C13H10O3S/c14-13(15)9-1-2-10-11(7-9)16-5-3-8-4-6-17-12(8)10/h1-2,4,6-7H,3,5H2,(H,14,15). The lowest BCUT2D eigenvalue weighted by Crippen LogP contribution is -2.00. The molecule has 0 bridgehead atoms. The highest BCUT2D eigenvalue weighted by atomic mass is 32.1. The summed E-state index contributed by atoms with van der Waals surface area (Å²) in [6.07, 6.45) is 0.871. The molecule has 0 saturated heterocycles. The highest BCUT2D eigenvalue weighted by Crippen LogP contribution is 2.39. The Bertz CT molecular complexity index is 586. The maximum Gasteiger partial charge on any atom is 0.335 e. The van der Waals surface area contributed by atoms with Crippen LogP contribution in [-0.4, -0.2) is 17.7 Å². The summed E-state index contributed by atoms with van der Waals surface area (Å²) >= 11 is 1.67. The van der Waals surface area contributed by atoms with Crippen LogP contribution in [0.5, 0.6) is 5.75 Å². The van der Waals surface area contributed by atoms with Crippen molar-refractivity contribution in [3.63, 3.8) is 0 Å². The number of carboxylic acids is 1. The summed E-state index contributed by atoms with van der Waals surface area (Å²) in [5.74, 6) is -0.252. The second-order valence-corrected chi connectivity index (χ2v) is 4.81. The Balaban J connectivity index is 2.18. The summed E-state index contributed by atoms with van der Waals surface area (Å²) in [4.78, 5) is 12.1. The van der Waals surface area contributed by atoms with E-state index in [4.69, 9.17) is 9.84 Å². The Labute approximate surface area is 102 Å². The number of thiophene rings is 1. The van der Waals surface area contributed by atoms with Crippen LogP contribution in [0.25, 0.3) is 10.4 Å². The maximum atomic E-state index is 10.9. The third-order valence-corrected chi connectivity index (χ3v) is 3.84. The molecule has 86 valence electrons. The van der Waals surface area contributed by atoms with Gasteiger partial charge < -0.3 is 9.84 Å². The normalized spacial score (nSPS) is 13.2. The van der Waals surface area contributed by atoms with Crippen LogP contribution >= 0.6 is 11.3 Å². The molecular weight excluding hydrogens is 236 g/mol. The number of ether oxygens (including phenoxy) is 1. The quantitative estimate of drug-likeness (QED) is 0.841. The lowest BCUT2D eigenvalue weighted by atomic mass is 10.1. The van der Waals surface area contributed by atoms with Gasteiger partial charge in [0.1, 0.15) is 5.75 Å². The van der Waals surface area contributed by atoms with E-state index in [2.05, 4.69) is 11.4 Å². The fourth-order valence-corrected chi connectivity index (χ4v) is 2.99. The van der Waals surface area contributed by atoms with E-state index in [1.165, 1.54) is 10.4 Å². The average molecular weight is 246 g/mol. The fraction of sp³-hybridized carbons (Fsp3) is 0.154. The fourth-order valence-electron chi connectivity index (χ4n) is 2.00. The van der Waals surface area contributed by atoms with Crippen molar-refractivity contribution in [1.82, 2.24) is 0 Å². The molecule has 1 N–H and O–H groups in total. The van der Waals surface area contributed by atoms with Gasteiger partial charge in [0, 0.05) is 16.9 Å². The van der Waals surface area contributed by atoms with Gasteiger partial charge in [-0.3, -0.25) is 0 Å². The topological polar surface area (TPSA) is 46.5 Å². The molecule has 0 radical (unpaired) electrons. The molecule has 0 fully saturated rings. The number of hydrogen-bond acceptors (Lipinski definition) is 3. The van der Waals surface area contributed by atoms with Gasteiger partial charge in [-0.15, -0.1) is 11.3 Å². The van der Waals surface area contributed by atoms with Crippen LogP contribution in [-0.2, 0) is 6.42 Å². The van der Waals surface area contributed by atoms with E-state index >= 15 is 0 Å². The zero-order chi connectivity index (χ0) is 11.8. The monoisotopic (exact) mass is 246 g/mol. The van der Waals surface area contributed by atoms with Crippen molar-refractivity contribution in [3.05, 3.63) is 40.8 Å². The number of rotatable bonds is 1. The van der Waals surface area contributed by atoms with Crippen molar-refractivity contribution in [1.29, 1.82) is 0 Å². The molecule has 1 aliphatic heterocycles. The van der Waals surface area contributed by atoms with Crippen LogP contribution in [0.15, 0.2) is 29.6 Å². The van der Waals surface area contributed by atoms with Crippen LogP contribution < -0.4 is 4.74 Å². The van der Waals surface area contributed by atoms with Crippen molar-refractivity contribution in [2.45, 2.75) is 6.42 Å². The van der Waals surface area contributed by atoms with E-state index < -0.39 is 5.97 Å². The predicted octanol–water partition coefficient (Wildman–Crippen LogP) is 3.05. The average Bonchev–Trinajstić information content (AvgIpc) is 2.71. The van der Waals surface area contributed by atoms with Gasteiger partial charge in [0.2, 0.25) is 0 Å². The van der Waals surface area contributed by atoms with Crippen molar-refractivity contribution >= 4 is 17.3 Å². The molecule has 0 aliphatic carbocycles. The lowest BCUT2D eigenvalue weighted by molar-refractivity contribution is 0.0696. The molecule has 0 spiro atoms. The third kappa shape index (κ3) is 1.70. The smallest absolute Gasteiger partial charge is 0.335 e. The van der Waals surface area contributed by atoms with Crippen LogP contribution in [0.4, 0.5) is 0 Å². The molecule has 0 unspecified atom stereocenters. The van der Waals surface area contributed by atoms with E-state index in [1.807, 2.05) is 6.07 Å². The van der Waals surface area contributed by atoms with Gasteiger partial charge in [-0.05, 0) is 35.2 Å². The zero-order valence-electron chi connectivity index (χ0n) is 8.97. The second-order valence-electron chi connectivity index (χ2n) is 3.89. The van der Waals surface area contributed by atoms with Crippen LogP contribution in [0.1, 0.15) is 15.9 Å². The van der Waals surface area contributed by atoms with Gasteiger partial charge >= 0.3 is 5.97 Å². The molecule has 0 amide bonds. The van der Waals surface area contributed by atoms with Gasteiger partial charge in [-0.2, -0.15) is 0 Å². The molecular formula is C13H10O3S. The molecule has 2 aromatic rings. The minimum atomic E-state index is -0.924. The highest BCUT2D eigenvalue weighted by Gasteiger charge is 2.18. The van der Waals surface area contributed by atoms with Gasteiger partial charge in [0.25, 0.3) is 0 Å². The first kappa shape index (κ1) is 10.4. The Morgan fingerprint density at radius 2 is 2.24 bits per heavy atom. The second kappa shape index (κ2) is 3.89. The first-order chi connectivity index (χ1) is 8.25. The van der Waals surface area contributed by atoms with E-state index in [1.54, 1.807) is 23.5 Å². The van der Waals surface area contributed by atoms with E-state index in [9.17, 15) is 4.79 Å². The first-order valence-corrected chi connectivity index (χ1v) is 6.20. The van der Waals surface area contributed by atoms with Crippen molar-refractivity contribution in [3.8, 4) is 16.2 Å². The minimum Gasteiger partial charge on any atom is -0.493 e. The SMILES string of the molecule is O=C(O)c1ccc2c(c1)OCCc1ccsc1-2. The Kier molecular flexibility index (Phi) is 2.37. The summed E-state index contributed by atoms with van der Waals surface area (Å²) in [7, 11) is 0. The first-order valence-electron chi connectivity index (χ1n) is 5.32. The molecule has 1 aromatic carbocycles. The molecule has 17 heavy (non-hydrogen) atoms. The van der Waals surface area contributed by atoms with E-state index in [0.29, 0.717) is 12.4 Å². The maximum absolute atomic E-state index is 10.9. The Morgan fingerprint density at radius 1 is 1.35 bits per heavy atom. The zero-order valence-corrected chi connectivity index (χ0v) is 9.79. The molecule has 3 nitrogen and oxygen atoms in total. The van der Waals surface area contributed by atoms with Crippen LogP contribution in [0, 0.1) is 0 Å². The molecule has 1 aromatic heterocycles. The highest BCUT2D eigenvalue weighted by molar-refractivity contribution is 7.13. The van der Waals surface area contributed by atoms with Crippen LogP contribution in [0.2, 0.25) is 0 Å².